The van der Waals surface area contributed by atoms with Crippen LogP contribution in [0.25, 0.3) is 0 Å². The predicted octanol–water partition coefficient (Wildman–Crippen LogP) is 1.35. The number of rotatable bonds is 3. The lowest BCUT2D eigenvalue weighted by molar-refractivity contribution is -0.129. The van der Waals surface area contributed by atoms with Gasteiger partial charge in [0.25, 0.3) is 0 Å². The highest BCUT2D eigenvalue weighted by atomic mass is 16.3. The molecule has 1 aliphatic carbocycles. The summed E-state index contributed by atoms with van der Waals surface area (Å²) in [6, 6.07) is 1.92. The van der Waals surface area contributed by atoms with Crippen LogP contribution in [0.3, 0.4) is 0 Å². The van der Waals surface area contributed by atoms with E-state index in [0.717, 1.165) is 25.7 Å². The Labute approximate surface area is 96.6 Å². The zero-order valence-electron chi connectivity index (χ0n) is 9.83. The molecule has 2 N–H and O–H groups in total. The number of hydrogen-bond acceptors (Lipinski definition) is 3. The van der Waals surface area contributed by atoms with E-state index >= 15 is 0 Å². The second kappa shape index (κ2) is 5.86. The minimum atomic E-state index is -0.861. The van der Waals surface area contributed by atoms with E-state index in [1.807, 2.05) is 0 Å². The molecule has 0 spiro atoms. The van der Waals surface area contributed by atoms with Crippen LogP contribution in [0.4, 0.5) is 0 Å². The molecular weight excluding hydrogens is 204 g/mol. The number of carbonyl (C=O) groups is 1. The van der Waals surface area contributed by atoms with Crippen LogP contribution in [0.1, 0.15) is 45.4 Å². The molecule has 1 amide bonds. The van der Waals surface area contributed by atoms with Gasteiger partial charge in [0.05, 0.1) is 12.7 Å². The number of carbonyl (C=O) groups excluding carboxylic acids is 1. The van der Waals surface area contributed by atoms with Gasteiger partial charge >= 0.3 is 0 Å². The first-order chi connectivity index (χ1) is 7.64. The molecule has 90 valence electrons. The van der Waals surface area contributed by atoms with E-state index in [9.17, 15) is 10.1 Å². The topological polar surface area (TPSA) is 73.1 Å². The fraction of sp³-hybridized carbons (Fsp3) is 0.833. The van der Waals surface area contributed by atoms with Gasteiger partial charge in [0, 0.05) is 6.04 Å². The van der Waals surface area contributed by atoms with Crippen molar-refractivity contribution in [2.24, 2.45) is 5.41 Å². The van der Waals surface area contributed by atoms with Crippen LogP contribution in [-0.2, 0) is 4.79 Å². The number of aliphatic hydroxyl groups excluding tert-OH is 1. The van der Waals surface area contributed by atoms with Crippen LogP contribution in [0, 0.1) is 16.7 Å². The molecule has 4 nitrogen and oxygen atoms in total. The van der Waals surface area contributed by atoms with Gasteiger partial charge in [0.15, 0.2) is 0 Å². The van der Waals surface area contributed by atoms with E-state index in [1.54, 1.807) is 6.92 Å². The lowest BCUT2D eigenvalue weighted by Gasteiger charge is -2.25. The van der Waals surface area contributed by atoms with Gasteiger partial charge in [-0.3, -0.25) is 4.79 Å². The van der Waals surface area contributed by atoms with Gasteiger partial charge < -0.3 is 10.4 Å². The molecule has 0 aromatic rings. The quantitative estimate of drug-likeness (QED) is 0.711. The highest BCUT2D eigenvalue weighted by Gasteiger charge is 2.39. The van der Waals surface area contributed by atoms with Crippen molar-refractivity contribution in [3.8, 4) is 6.07 Å². The van der Waals surface area contributed by atoms with E-state index in [-0.39, 0.29) is 18.6 Å². The van der Waals surface area contributed by atoms with Gasteiger partial charge in [0.2, 0.25) is 5.91 Å². The Morgan fingerprint density at radius 3 is 2.44 bits per heavy atom. The monoisotopic (exact) mass is 224 g/mol. The second-order valence-electron chi connectivity index (χ2n) is 4.67. The Bertz CT molecular complexity index is 275. The highest BCUT2D eigenvalue weighted by Crippen LogP contribution is 2.34. The number of hydrogen-bond donors (Lipinski definition) is 2. The summed E-state index contributed by atoms with van der Waals surface area (Å²) in [5, 5.41) is 20.9. The third-order valence-electron chi connectivity index (χ3n) is 3.26. The van der Waals surface area contributed by atoms with Crippen molar-refractivity contribution in [1.29, 1.82) is 5.26 Å². The normalized spacial score (nSPS) is 21.6. The average molecular weight is 224 g/mol. The summed E-state index contributed by atoms with van der Waals surface area (Å²) in [4.78, 5) is 12.0. The minimum absolute atomic E-state index is 0.0900. The first kappa shape index (κ1) is 13.0. The first-order valence-electron chi connectivity index (χ1n) is 5.98. The molecule has 1 rings (SSSR count). The maximum absolute atomic E-state index is 12.0. The third-order valence-corrected chi connectivity index (χ3v) is 3.26. The van der Waals surface area contributed by atoms with Crippen LogP contribution < -0.4 is 5.32 Å². The maximum atomic E-state index is 12.0. The van der Waals surface area contributed by atoms with Crippen molar-refractivity contribution >= 4 is 5.91 Å². The van der Waals surface area contributed by atoms with Gasteiger partial charge in [-0.05, 0) is 19.8 Å². The molecule has 0 aliphatic heterocycles. The maximum Gasteiger partial charge on any atom is 0.240 e. The van der Waals surface area contributed by atoms with Gasteiger partial charge in [-0.1, -0.05) is 25.7 Å². The van der Waals surface area contributed by atoms with Crippen molar-refractivity contribution < 1.29 is 9.90 Å². The van der Waals surface area contributed by atoms with Crippen LogP contribution in [0.15, 0.2) is 0 Å². The Hall–Kier alpha value is -1.08. The summed E-state index contributed by atoms with van der Waals surface area (Å²) in [7, 11) is 0. The molecule has 1 fully saturated rings. The number of nitrogens with one attached hydrogen (secondary N) is 1. The molecule has 1 aliphatic rings. The van der Waals surface area contributed by atoms with E-state index in [4.69, 9.17) is 5.11 Å². The molecular formula is C12H20N2O2. The zero-order chi connectivity index (χ0) is 12.0. The lowest BCUT2D eigenvalue weighted by atomic mass is 9.81. The average Bonchev–Trinajstić information content (AvgIpc) is 2.54. The number of aliphatic hydroxyl groups is 1. The summed E-state index contributed by atoms with van der Waals surface area (Å²) >= 11 is 0. The van der Waals surface area contributed by atoms with Gasteiger partial charge in [-0.15, -0.1) is 0 Å². The second-order valence-corrected chi connectivity index (χ2v) is 4.67. The van der Waals surface area contributed by atoms with Gasteiger partial charge in [-0.25, -0.2) is 0 Å². The van der Waals surface area contributed by atoms with Crippen LogP contribution >= 0.6 is 0 Å². The fourth-order valence-electron chi connectivity index (χ4n) is 2.13. The molecule has 0 saturated heterocycles. The van der Waals surface area contributed by atoms with Crippen molar-refractivity contribution in [2.75, 3.05) is 6.61 Å². The lowest BCUT2D eigenvalue weighted by Crippen LogP contribution is -2.45. The molecule has 0 aromatic carbocycles. The van der Waals surface area contributed by atoms with Crippen molar-refractivity contribution in [2.45, 2.75) is 51.5 Å². The molecule has 0 radical (unpaired) electrons. The molecule has 0 heterocycles. The summed E-state index contributed by atoms with van der Waals surface area (Å²) in [6.45, 7) is 1.65. The summed E-state index contributed by atoms with van der Waals surface area (Å²) in [5.74, 6) is -0.210. The molecule has 16 heavy (non-hydrogen) atoms. The van der Waals surface area contributed by atoms with Gasteiger partial charge in [0.1, 0.15) is 5.41 Å². The van der Waals surface area contributed by atoms with Crippen LogP contribution in [0.2, 0.25) is 0 Å². The standard InChI is InChI=1S/C12H20N2O2/c1-10(8-15)14-11(16)12(9-13)6-4-2-3-5-7-12/h10,15H,2-8H2,1H3,(H,14,16). The third kappa shape index (κ3) is 2.96. The van der Waals surface area contributed by atoms with E-state index < -0.39 is 5.41 Å². The van der Waals surface area contributed by atoms with Crippen molar-refractivity contribution in [3.63, 3.8) is 0 Å². The molecule has 4 heteroatoms. The highest BCUT2D eigenvalue weighted by molar-refractivity contribution is 5.85. The first-order valence-corrected chi connectivity index (χ1v) is 5.98. The number of amides is 1. The Morgan fingerprint density at radius 1 is 1.44 bits per heavy atom. The molecule has 0 aromatic heterocycles. The largest absolute Gasteiger partial charge is 0.394 e. The van der Waals surface area contributed by atoms with E-state index in [0.29, 0.717) is 12.8 Å². The minimum Gasteiger partial charge on any atom is -0.394 e. The van der Waals surface area contributed by atoms with Crippen molar-refractivity contribution in [3.05, 3.63) is 0 Å². The molecule has 0 bridgehead atoms. The van der Waals surface area contributed by atoms with Gasteiger partial charge in [-0.2, -0.15) is 5.26 Å². The smallest absolute Gasteiger partial charge is 0.240 e. The van der Waals surface area contributed by atoms with Crippen LogP contribution in [-0.4, -0.2) is 23.7 Å². The number of nitrogens with zero attached hydrogens (tertiary/aromatic N) is 1. The fourth-order valence-corrected chi connectivity index (χ4v) is 2.13. The Morgan fingerprint density at radius 2 is 2.00 bits per heavy atom. The molecule has 1 saturated carbocycles. The summed E-state index contributed by atoms with van der Waals surface area (Å²) in [6.07, 6.45) is 5.38. The molecule has 1 unspecified atom stereocenters. The predicted molar refractivity (Wildman–Crippen MR) is 60.4 cm³/mol. The van der Waals surface area contributed by atoms with Crippen LogP contribution in [0.5, 0.6) is 0 Å². The SMILES string of the molecule is CC(CO)NC(=O)C1(C#N)CCCCCC1. The van der Waals surface area contributed by atoms with Crippen molar-refractivity contribution in [1.82, 2.24) is 5.32 Å². The zero-order valence-corrected chi connectivity index (χ0v) is 9.83. The Kier molecular flexibility index (Phi) is 4.75. The van der Waals surface area contributed by atoms with E-state index in [2.05, 4.69) is 11.4 Å². The van der Waals surface area contributed by atoms with E-state index in [1.165, 1.54) is 0 Å². The molecule has 1 atom stereocenters. The number of nitriles is 1. The summed E-state index contributed by atoms with van der Waals surface area (Å²) < 4.78 is 0. The summed E-state index contributed by atoms with van der Waals surface area (Å²) in [5.41, 5.74) is -0.861. The Balaban J connectivity index is 2.70.